The van der Waals surface area contributed by atoms with Crippen LogP contribution >= 0.6 is 0 Å². The number of amides is 1. The Morgan fingerprint density at radius 2 is 2.00 bits per heavy atom. The van der Waals surface area contributed by atoms with Gasteiger partial charge in [0.25, 0.3) is 0 Å². The molecule has 0 saturated carbocycles. The first-order valence-corrected chi connectivity index (χ1v) is 4.74. The van der Waals surface area contributed by atoms with Crippen molar-refractivity contribution in [2.24, 2.45) is 0 Å². The number of hydrogen-bond acceptors (Lipinski definition) is 3. The van der Waals surface area contributed by atoms with Crippen LogP contribution in [0.5, 0.6) is 0 Å². The fourth-order valence-corrected chi connectivity index (χ4v) is 1.86. The molecule has 0 aromatic carbocycles. The third kappa shape index (κ3) is 1.69. The van der Waals surface area contributed by atoms with Crippen molar-refractivity contribution in [3.63, 3.8) is 0 Å². The van der Waals surface area contributed by atoms with Gasteiger partial charge in [0.2, 0.25) is 5.91 Å². The molecule has 0 aliphatic carbocycles. The Labute approximate surface area is 77.8 Å². The monoisotopic (exact) mass is 185 g/mol. The van der Waals surface area contributed by atoms with Crippen LogP contribution in [0.4, 0.5) is 0 Å². The van der Waals surface area contributed by atoms with Gasteiger partial charge < -0.3 is 14.4 Å². The second-order valence-electron chi connectivity index (χ2n) is 3.67. The Bertz CT molecular complexity index is 211. The van der Waals surface area contributed by atoms with Gasteiger partial charge in [0.1, 0.15) is 0 Å². The van der Waals surface area contributed by atoms with Crippen molar-refractivity contribution in [1.29, 1.82) is 0 Å². The van der Waals surface area contributed by atoms with Gasteiger partial charge in [-0.05, 0) is 0 Å². The van der Waals surface area contributed by atoms with E-state index in [1.807, 2.05) is 7.05 Å². The maximum Gasteiger partial charge on any atom is 0.222 e. The molecule has 0 radical (unpaired) electrons. The Balaban J connectivity index is 2.04. The molecule has 2 heterocycles. The van der Waals surface area contributed by atoms with E-state index >= 15 is 0 Å². The first-order chi connectivity index (χ1) is 6.22. The molecule has 13 heavy (non-hydrogen) atoms. The molecule has 0 unspecified atom stereocenters. The summed E-state index contributed by atoms with van der Waals surface area (Å²) in [6, 6.07) is 0. The molecule has 0 aromatic rings. The van der Waals surface area contributed by atoms with E-state index in [4.69, 9.17) is 9.47 Å². The largest absolute Gasteiger partial charge is 0.347 e. The van der Waals surface area contributed by atoms with Crippen molar-refractivity contribution < 1.29 is 14.3 Å². The van der Waals surface area contributed by atoms with E-state index in [0.29, 0.717) is 26.1 Å². The van der Waals surface area contributed by atoms with Gasteiger partial charge in [0.15, 0.2) is 5.79 Å². The maximum atomic E-state index is 11.4. The molecular formula is C9H15NO3. The zero-order valence-corrected chi connectivity index (χ0v) is 7.91. The molecule has 2 saturated heterocycles. The molecule has 2 rings (SSSR count). The van der Waals surface area contributed by atoms with Gasteiger partial charge in [-0.2, -0.15) is 0 Å². The third-order valence-electron chi connectivity index (χ3n) is 2.79. The van der Waals surface area contributed by atoms with Gasteiger partial charge in [-0.15, -0.1) is 0 Å². The van der Waals surface area contributed by atoms with Gasteiger partial charge in [0, 0.05) is 32.9 Å². The lowest BCUT2D eigenvalue weighted by molar-refractivity contribution is -0.164. The van der Waals surface area contributed by atoms with E-state index in [1.54, 1.807) is 4.90 Å². The molecule has 0 aromatic heterocycles. The molecule has 2 fully saturated rings. The number of likely N-dealkylation sites (tertiary alicyclic amines) is 1. The summed E-state index contributed by atoms with van der Waals surface area (Å²) in [6.07, 6.45) is 2.04. The molecule has 2 aliphatic rings. The van der Waals surface area contributed by atoms with Crippen molar-refractivity contribution in [2.45, 2.75) is 25.0 Å². The fraction of sp³-hybridized carbons (Fsp3) is 0.889. The topological polar surface area (TPSA) is 38.8 Å². The first kappa shape index (κ1) is 8.97. The molecule has 74 valence electrons. The second-order valence-corrected chi connectivity index (χ2v) is 3.67. The normalized spacial score (nSPS) is 28.1. The summed E-state index contributed by atoms with van der Waals surface area (Å²) in [4.78, 5) is 13.1. The summed E-state index contributed by atoms with van der Waals surface area (Å²) in [5.74, 6) is -0.253. The van der Waals surface area contributed by atoms with Crippen LogP contribution in [-0.2, 0) is 14.3 Å². The lowest BCUT2D eigenvalue weighted by Crippen LogP contribution is -2.31. The minimum atomic E-state index is -0.444. The van der Waals surface area contributed by atoms with Crippen LogP contribution in [0.2, 0.25) is 0 Å². The number of rotatable bonds is 0. The third-order valence-corrected chi connectivity index (χ3v) is 2.79. The first-order valence-electron chi connectivity index (χ1n) is 4.74. The van der Waals surface area contributed by atoms with Gasteiger partial charge in [0.05, 0.1) is 13.2 Å². The molecule has 4 heteroatoms. The predicted molar refractivity (Wildman–Crippen MR) is 46.1 cm³/mol. The van der Waals surface area contributed by atoms with Crippen LogP contribution in [0.1, 0.15) is 19.3 Å². The van der Waals surface area contributed by atoms with Gasteiger partial charge in [-0.25, -0.2) is 0 Å². The lowest BCUT2D eigenvalue weighted by atomic mass is 10.1. The number of ether oxygens (including phenoxy) is 2. The zero-order chi connectivity index (χ0) is 9.31. The van der Waals surface area contributed by atoms with E-state index in [9.17, 15) is 4.79 Å². The SMILES string of the molecule is CN1CCC2(CCC1=O)OCCO2. The number of hydrogen-bond donors (Lipinski definition) is 0. The molecule has 0 N–H and O–H groups in total. The Morgan fingerprint density at radius 3 is 2.69 bits per heavy atom. The Morgan fingerprint density at radius 1 is 1.31 bits per heavy atom. The summed E-state index contributed by atoms with van der Waals surface area (Å²) in [7, 11) is 1.83. The van der Waals surface area contributed by atoms with E-state index in [0.717, 1.165) is 13.0 Å². The summed E-state index contributed by atoms with van der Waals surface area (Å²) in [5.41, 5.74) is 0. The minimum absolute atomic E-state index is 0.191. The quantitative estimate of drug-likeness (QED) is 0.547. The van der Waals surface area contributed by atoms with Gasteiger partial charge in [-0.3, -0.25) is 4.79 Å². The van der Waals surface area contributed by atoms with Crippen LogP contribution in [0.25, 0.3) is 0 Å². The summed E-state index contributed by atoms with van der Waals surface area (Å²) < 4.78 is 11.1. The molecule has 4 nitrogen and oxygen atoms in total. The van der Waals surface area contributed by atoms with Crippen LogP contribution < -0.4 is 0 Å². The van der Waals surface area contributed by atoms with Crippen molar-refractivity contribution in [3.05, 3.63) is 0 Å². The molecule has 2 aliphatic heterocycles. The summed E-state index contributed by atoms with van der Waals surface area (Å²) >= 11 is 0. The second kappa shape index (κ2) is 3.27. The molecule has 0 bridgehead atoms. The summed E-state index contributed by atoms with van der Waals surface area (Å²) in [6.45, 7) is 2.06. The van der Waals surface area contributed by atoms with Crippen LogP contribution in [0, 0.1) is 0 Å². The van der Waals surface area contributed by atoms with Crippen LogP contribution in [0.3, 0.4) is 0 Å². The highest BCUT2D eigenvalue weighted by molar-refractivity contribution is 5.76. The average Bonchev–Trinajstić information content (AvgIpc) is 2.54. The van der Waals surface area contributed by atoms with E-state index in [1.165, 1.54) is 0 Å². The van der Waals surface area contributed by atoms with E-state index < -0.39 is 5.79 Å². The van der Waals surface area contributed by atoms with Crippen LogP contribution in [0.15, 0.2) is 0 Å². The average molecular weight is 185 g/mol. The molecule has 1 amide bonds. The molecular weight excluding hydrogens is 170 g/mol. The maximum absolute atomic E-state index is 11.4. The highest BCUT2D eigenvalue weighted by atomic mass is 16.7. The number of nitrogens with zero attached hydrogens (tertiary/aromatic N) is 1. The van der Waals surface area contributed by atoms with Crippen LogP contribution in [-0.4, -0.2) is 43.4 Å². The fourth-order valence-electron chi connectivity index (χ4n) is 1.86. The van der Waals surface area contributed by atoms with Crippen molar-refractivity contribution >= 4 is 5.91 Å². The van der Waals surface area contributed by atoms with E-state index in [2.05, 4.69) is 0 Å². The smallest absolute Gasteiger partial charge is 0.222 e. The molecule has 1 spiro atoms. The van der Waals surface area contributed by atoms with Gasteiger partial charge in [-0.1, -0.05) is 0 Å². The van der Waals surface area contributed by atoms with Gasteiger partial charge >= 0.3 is 0 Å². The van der Waals surface area contributed by atoms with E-state index in [-0.39, 0.29) is 5.91 Å². The Kier molecular flexibility index (Phi) is 2.26. The minimum Gasteiger partial charge on any atom is -0.347 e. The predicted octanol–water partition coefficient (Wildman–Crippen LogP) is 0.372. The number of carbonyl (C=O) groups is 1. The highest BCUT2D eigenvalue weighted by Crippen LogP contribution is 2.31. The number of carbonyl (C=O) groups excluding carboxylic acids is 1. The highest BCUT2D eigenvalue weighted by Gasteiger charge is 2.39. The molecule has 0 atom stereocenters. The summed E-state index contributed by atoms with van der Waals surface area (Å²) in [5, 5.41) is 0. The van der Waals surface area contributed by atoms with Crippen molar-refractivity contribution in [2.75, 3.05) is 26.8 Å². The lowest BCUT2D eigenvalue weighted by Gasteiger charge is -2.24. The standard InChI is InChI=1S/C9H15NO3/c1-10-5-4-9(3-2-8(10)11)12-6-7-13-9/h2-7H2,1H3. The van der Waals surface area contributed by atoms with Crippen molar-refractivity contribution in [3.8, 4) is 0 Å². The Hall–Kier alpha value is -0.610. The zero-order valence-electron chi connectivity index (χ0n) is 7.91. The van der Waals surface area contributed by atoms with Crippen molar-refractivity contribution in [1.82, 2.24) is 4.90 Å².